The van der Waals surface area contributed by atoms with Gasteiger partial charge < -0.3 is 4.98 Å². The van der Waals surface area contributed by atoms with E-state index in [2.05, 4.69) is 31.1 Å². The summed E-state index contributed by atoms with van der Waals surface area (Å²) in [6, 6.07) is 0. The van der Waals surface area contributed by atoms with Crippen molar-refractivity contribution in [1.82, 2.24) is 15.2 Å². The minimum absolute atomic E-state index is 0.977. The molecule has 1 aliphatic rings. The molecule has 0 amide bonds. The molecule has 0 aliphatic heterocycles. The average Bonchev–Trinajstić information content (AvgIpc) is 2.63. The Bertz CT molecular complexity index is 441. The van der Waals surface area contributed by atoms with Crippen molar-refractivity contribution in [2.24, 2.45) is 0 Å². The number of fused-ring (bicyclic) bond motifs is 3. The van der Waals surface area contributed by atoms with Crippen LogP contribution >= 0.6 is 15.9 Å². The second-order valence-electron chi connectivity index (χ2n) is 2.94. The van der Waals surface area contributed by atoms with E-state index in [-0.39, 0.29) is 0 Å². The van der Waals surface area contributed by atoms with Gasteiger partial charge in [0.2, 0.25) is 0 Å². The van der Waals surface area contributed by atoms with E-state index < -0.39 is 0 Å². The first-order chi connectivity index (χ1) is 5.86. The number of halogens is 1. The van der Waals surface area contributed by atoms with E-state index in [0.29, 0.717) is 0 Å². The summed E-state index contributed by atoms with van der Waals surface area (Å²) in [6.45, 7) is 0. The normalized spacial score (nSPS) is 13.1. The van der Waals surface area contributed by atoms with Crippen molar-refractivity contribution in [3.05, 3.63) is 28.0 Å². The molecular weight excluding hydrogens is 218 g/mol. The van der Waals surface area contributed by atoms with Gasteiger partial charge in [-0.25, -0.2) is 0 Å². The van der Waals surface area contributed by atoms with E-state index in [0.717, 1.165) is 16.6 Å². The molecule has 2 aromatic rings. The van der Waals surface area contributed by atoms with Gasteiger partial charge in [0.1, 0.15) is 0 Å². The molecule has 12 heavy (non-hydrogen) atoms. The number of H-pyrrole nitrogens is 2. The topological polar surface area (TPSA) is 44.5 Å². The monoisotopic (exact) mass is 223 g/mol. The van der Waals surface area contributed by atoms with Crippen molar-refractivity contribution in [3.8, 4) is 11.4 Å². The standard InChI is InChI=1S/C8H6BrN3/c9-6-3-10-8-5(6)1-4-2-11-12-7(4)8/h2-3,10H,1H2,(H,11,12). The van der Waals surface area contributed by atoms with Crippen molar-refractivity contribution < 1.29 is 0 Å². The Hall–Kier alpha value is -1.03. The average molecular weight is 224 g/mol. The maximum atomic E-state index is 3.99. The highest BCUT2D eigenvalue weighted by molar-refractivity contribution is 9.10. The van der Waals surface area contributed by atoms with Gasteiger partial charge >= 0.3 is 0 Å². The lowest BCUT2D eigenvalue weighted by Crippen LogP contribution is -1.77. The molecule has 0 fully saturated rings. The molecule has 0 spiro atoms. The Morgan fingerprint density at radius 2 is 2.33 bits per heavy atom. The van der Waals surface area contributed by atoms with Crippen LogP contribution in [0.25, 0.3) is 11.4 Å². The molecule has 0 saturated heterocycles. The molecule has 0 atom stereocenters. The van der Waals surface area contributed by atoms with Crippen molar-refractivity contribution in [1.29, 1.82) is 0 Å². The predicted molar refractivity (Wildman–Crippen MR) is 48.9 cm³/mol. The van der Waals surface area contributed by atoms with Crippen LogP contribution in [0.5, 0.6) is 0 Å². The lowest BCUT2D eigenvalue weighted by molar-refractivity contribution is 1.08. The fraction of sp³-hybridized carbons (Fsp3) is 0.125. The van der Waals surface area contributed by atoms with E-state index in [1.54, 1.807) is 0 Å². The molecular formula is C8H6BrN3. The highest BCUT2D eigenvalue weighted by Crippen LogP contribution is 2.37. The smallest absolute Gasteiger partial charge is 0.0851 e. The van der Waals surface area contributed by atoms with Crippen LogP contribution < -0.4 is 0 Å². The Balaban J connectivity index is 2.34. The zero-order valence-electron chi connectivity index (χ0n) is 6.19. The predicted octanol–water partition coefficient (Wildman–Crippen LogP) is 2.07. The molecule has 3 nitrogen and oxygen atoms in total. The van der Waals surface area contributed by atoms with Crippen molar-refractivity contribution in [2.75, 3.05) is 0 Å². The number of rotatable bonds is 0. The number of hydrogen-bond acceptors (Lipinski definition) is 1. The quantitative estimate of drug-likeness (QED) is 0.603. The zero-order valence-corrected chi connectivity index (χ0v) is 7.77. The molecule has 1 aliphatic carbocycles. The first kappa shape index (κ1) is 6.48. The molecule has 0 radical (unpaired) electrons. The number of nitrogens with one attached hydrogen (secondary N) is 2. The Morgan fingerprint density at radius 3 is 3.25 bits per heavy atom. The first-order valence-corrected chi connectivity index (χ1v) is 4.54. The summed E-state index contributed by atoms with van der Waals surface area (Å²) in [5.74, 6) is 0. The zero-order chi connectivity index (χ0) is 8.13. The highest BCUT2D eigenvalue weighted by Gasteiger charge is 2.23. The van der Waals surface area contributed by atoms with E-state index >= 15 is 0 Å². The van der Waals surface area contributed by atoms with Crippen LogP contribution in [0.2, 0.25) is 0 Å². The Kier molecular flexibility index (Phi) is 1.09. The second kappa shape index (κ2) is 2.01. The van der Waals surface area contributed by atoms with Gasteiger partial charge in [-0.3, -0.25) is 5.10 Å². The van der Waals surface area contributed by atoms with Crippen molar-refractivity contribution in [2.45, 2.75) is 6.42 Å². The molecule has 2 aromatic heterocycles. The third-order valence-corrected chi connectivity index (χ3v) is 2.98. The first-order valence-electron chi connectivity index (χ1n) is 3.74. The molecule has 0 unspecified atom stereocenters. The van der Waals surface area contributed by atoms with Crippen LogP contribution in [0.4, 0.5) is 0 Å². The summed E-state index contributed by atoms with van der Waals surface area (Å²) in [7, 11) is 0. The third-order valence-electron chi connectivity index (χ3n) is 2.27. The minimum Gasteiger partial charge on any atom is -0.359 e. The van der Waals surface area contributed by atoms with Gasteiger partial charge in [0.15, 0.2) is 0 Å². The van der Waals surface area contributed by atoms with Gasteiger partial charge in [-0.2, -0.15) is 5.10 Å². The van der Waals surface area contributed by atoms with Crippen molar-refractivity contribution in [3.63, 3.8) is 0 Å². The van der Waals surface area contributed by atoms with E-state index in [4.69, 9.17) is 0 Å². The second-order valence-corrected chi connectivity index (χ2v) is 3.79. The van der Waals surface area contributed by atoms with Crippen LogP contribution in [0.3, 0.4) is 0 Å². The minimum atomic E-state index is 0.977. The Morgan fingerprint density at radius 1 is 1.42 bits per heavy atom. The molecule has 0 aromatic carbocycles. The number of aromatic amines is 2. The molecule has 2 N–H and O–H groups in total. The van der Waals surface area contributed by atoms with Crippen LogP contribution in [0.15, 0.2) is 16.9 Å². The fourth-order valence-corrected chi connectivity index (χ4v) is 2.13. The van der Waals surface area contributed by atoms with Crippen molar-refractivity contribution >= 4 is 15.9 Å². The molecule has 60 valence electrons. The van der Waals surface area contributed by atoms with E-state index in [9.17, 15) is 0 Å². The van der Waals surface area contributed by atoms with Crippen LogP contribution in [-0.4, -0.2) is 15.2 Å². The summed E-state index contributed by atoms with van der Waals surface area (Å²) in [5, 5.41) is 6.98. The summed E-state index contributed by atoms with van der Waals surface area (Å²) in [6.07, 6.45) is 4.83. The lowest BCUT2D eigenvalue weighted by Gasteiger charge is -1.88. The van der Waals surface area contributed by atoms with Crippen LogP contribution in [-0.2, 0) is 6.42 Å². The van der Waals surface area contributed by atoms with Gasteiger partial charge in [-0.1, -0.05) is 0 Å². The maximum Gasteiger partial charge on any atom is 0.0851 e. The highest BCUT2D eigenvalue weighted by atomic mass is 79.9. The summed E-state index contributed by atoms with van der Waals surface area (Å²) in [4.78, 5) is 3.21. The molecule has 4 heteroatoms. The molecule has 0 bridgehead atoms. The Labute approximate surface area is 77.3 Å². The molecule has 3 rings (SSSR count). The van der Waals surface area contributed by atoms with Gasteiger partial charge in [-0.15, -0.1) is 0 Å². The van der Waals surface area contributed by atoms with Gasteiger partial charge in [0, 0.05) is 22.7 Å². The fourth-order valence-electron chi connectivity index (χ4n) is 1.68. The van der Waals surface area contributed by atoms with Crippen LogP contribution in [0, 0.1) is 0 Å². The summed E-state index contributed by atoms with van der Waals surface area (Å²) < 4.78 is 1.15. The molecule has 2 heterocycles. The lowest BCUT2D eigenvalue weighted by atomic mass is 10.2. The number of nitrogens with zero attached hydrogens (tertiary/aromatic N) is 1. The van der Waals surface area contributed by atoms with Gasteiger partial charge in [-0.05, 0) is 21.5 Å². The van der Waals surface area contributed by atoms with E-state index in [1.165, 1.54) is 16.8 Å². The maximum absolute atomic E-state index is 3.99. The SMILES string of the molecule is Brc1c[nH]c2c1Cc1cn[nH]c1-2. The summed E-state index contributed by atoms with van der Waals surface area (Å²) >= 11 is 3.50. The van der Waals surface area contributed by atoms with E-state index in [1.807, 2.05) is 12.4 Å². The molecule has 0 saturated carbocycles. The van der Waals surface area contributed by atoms with Gasteiger partial charge in [0.25, 0.3) is 0 Å². The van der Waals surface area contributed by atoms with Gasteiger partial charge in [0.05, 0.1) is 17.6 Å². The number of aromatic nitrogens is 3. The summed E-state index contributed by atoms with van der Waals surface area (Å²) in [5.41, 5.74) is 4.92. The largest absolute Gasteiger partial charge is 0.359 e. The third kappa shape index (κ3) is 0.634. The van der Waals surface area contributed by atoms with Crippen LogP contribution in [0.1, 0.15) is 11.1 Å². The number of hydrogen-bond donors (Lipinski definition) is 2.